The fourth-order valence-corrected chi connectivity index (χ4v) is 3.87. The molecule has 0 aromatic carbocycles. The predicted octanol–water partition coefficient (Wildman–Crippen LogP) is 1.50. The van der Waals surface area contributed by atoms with Gasteiger partial charge in [-0.15, -0.1) is 0 Å². The van der Waals surface area contributed by atoms with Crippen LogP contribution < -0.4 is 5.32 Å². The molecule has 3 heterocycles. The summed E-state index contributed by atoms with van der Waals surface area (Å²) in [4.78, 5) is 19.4. The van der Waals surface area contributed by atoms with Crippen LogP contribution in [-0.4, -0.2) is 44.6 Å². The maximum atomic E-state index is 13.1. The lowest BCUT2D eigenvalue weighted by Gasteiger charge is -2.29. The van der Waals surface area contributed by atoms with Crippen molar-refractivity contribution in [1.29, 1.82) is 0 Å². The second-order valence-corrected chi connectivity index (χ2v) is 7.04. The molecule has 1 unspecified atom stereocenters. The predicted molar refractivity (Wildman–Crippen MR) is 87.3 cm³/mol. The summed E-state index contributed by atoms with van der Waals surface area (Å²) in [5.41, 5.74) is 0.655. The van der Waals surface area contributed by atoms with Crippen LogP contribution in [0, 0.1) is 12.3 Å². The third kappa shape index (κ3) is 2.62. The average molecular weight is 329 g/mol. The van der Waals surface area contributed by atoms with Crippen LogP contribution >= 0.6 is 0 Å². The van der Waals surface area contributed by atoms with Gasteiger partial charge in [0.2, 0.25) is 0 Å². The highest BCUT2D eigenvalue weighted by Gasteiger charge is 2.58. The van der Waals surface area contributed by atoms with Crippen molar-refractivity contribution >= 4 is 5.91 Å². The molecule has 2 aromatic rings. The van der Waals surface area contributed by atoms with Gasteiger partial charge in [0, 0.05) is 31.5 Å². The Morgan fingerprint density at radius 2 is 2.29 bits per heavy atom. The van der Waals surface area contributed by atoms with Crippen LogP contribution in [0.4, 0.5) is 0 Å². The van der Waals surface area contributed by atoms with Gasteiger partial charge in [0.05, 0.1) is 6.54 Å². The first kappa shape index (κ1) is 15.4. The Hall–Kier alpha value is -2.15. The molecule has 7 heteroatoms. The Morgan fingerprint density at radius 1 is 1.50 bits per heavy atom. The Bertz CT molecular complexity index is 744. The summed E-state index contributed by atoms with van der Waals surface area (Å²) >= 11 is 0. The first-order valence-corrected chi connectivity index (χ1v) is 8.50. The van der Waals surface area contributed by atoms with Crippen molar-refractivity contribution in [3.63, 3.8) is 0 Å². The van der Waals surface area contributed by atoms with E-state index in [0.29, 0.717) is 18.0 Å². The second-order valence-electron chi connectivity index (χ2n) is 7.04. The molecule has 2 aliphatic rings. The van der Waals surface area contributed by atoms with Crippen LogP contribution in [0.15, 0.2) is 23.0 Å². The van der Waals surface area contributed by atoms with Crippen molar-refractivity contribution in [1.82, 2.24) is 24.9 Å². The summed E-state index contributed by atoms with van der Waals surface area (Å²) in [6.07, 6.45) is 7.00. The molecule has 7 nitrogen and oxygen atoms in total. The second kappa shape index (κ2) is 5.73. The third-order valence-corrected chi connectivity index (χ3v) is 5.46. The number of nitrogens with one attached hydrogen (secondary N) is 1. The molecule has 1 atom stereocenters. The number of nitrogens with zero attached hydrogens (tertiary/aromatic N) is 4. The number of imidazole rings is 1. The number of aromatic nitrogens is 3. The highest BCUT2D eigenvalue weighted by atomic mass is 16.5. The lowest BCUT2D eigenvalue weighted by molar-refractivity contribution is 0.0675. The minimum Gasteiger partial charge on any atom is -0.361 e. The molecule has 1 aliphatic carbocycles. The summed E-state index contributed by atoms with van der Waals surface area (Å²) in [5.74, 6) is 1.48. The first-order valence-electron chi connectivity index (χ1n) is 8.50. The van der Waals surface area contributed by atoms with E-state index in [4.69, 9.17) is 4.52 Å². The van der Waals surface area contributed by atoms with Gasteiger partial charge in [-0.2, -0.15) is 0 Å². The number of aryl methyl sites for hydroxylation is 2. The maximum Gasteiger partial charge on any atom is 0.276 e. The van der Waals surface area contributed by atoms with Gasteiger partial charge in [-0.25, -0.2) is 4.98 Å². The smallest absolute Gasteiger partial charge is 0.276 e. The van der Waals surface area contributed by atoms with Crippen molar-refractivity contribution in [2.45, 2.75) is 38.8 Å². The molecule has 1 saturated heterocycles. The molecule has 1 aliphatic heterocycles. The lowest BCUT2D eigenvalue weighted by atomic mass is 9.93. The largest absolute Gasteiger partial charge is 0.361 e. The van der Waals surface area contributed by atoms with E-state index in [1.807, 2.05) is 22.7 Å². The number of carbonyl (C=O) groups is 1. The highest BCUT2D eigenvalue weighted by molar-refractivity contribution is 5.92. The summed E-state index contributed by atoms with van der Waals surface area (Å²) < 4.78 is 7.07. The normalized spacial score (nSPS) is 21.8. The number of hydrogen-bond acceptors (Lipinski definition) is 5. The Morgan fingerprint density at radius 3 is 2.92 bits per heavy atom. The monoisotopic (exact) mass is 329 g/mol. The minimum absolute atomic E-state index is 0.0599. The Kier molecular flexibility index (Phi) is 3.68. The zero-order valence-electron chi connectivity index (χ0n) is 14.2. The van der Waals surface area contributed by atoms with E-state index in [0.717, 1.165) is 38.2 Å². The maximum absolute atomic E-state index is 13.1. The topological polar surface area (TPSA) is 76.2 Å². The van der Waals surface area contributed by atoms with Gasteiger partial charge in [-0.3, -0.25) is 4.79 Å². The van der Waals surface area contributed by atoms with E-state index in [1.165, 1.54) is 0 Å². The summed E-state index contributed by atoms with van der Waals surface area (Å²) in [6, 6.07) is 1.98. The van der Waals surface area contributed by atoms with E-state index in [9.17, 15) is 4.79 Å². The minimum atomic E-state index is -0.0599. The summed E-state index contributed by atoms with van der Waals surface area (Å²) in [5, 5.41) is 7.34. The van der Waals surface area contributed by atoms with Crippen molar-refractivity contribution in [2.75, 3.05) is 13.1 Å². The fourth-order valence-electron chi connectivity index (χ4n) is 3.87. The van der Waals surface area contributed by atoms with E-state index in [2.05, 4.69) is 15.5 Å². The molecule has 1 amide bonds. The van der Waals surface area contributed by atoms with Gasteiger partial charge in [0.1, 0.15) is 11.6 Å². The standard InChI is InChI=1S/C17H23N5O2/c1-12-9-13(20-24-12)16(23)22(11-15-19-7-8-21(15)2)14-10-17(14)3-5-18-6-4-17/h7-9,14,18H,3-6,10-11H2,1-2H3. The van der Waals surface area contributed by atoms with Crippen LogP contribution in [-0.2, 0) is 13.6 Å². The summed E-state index contributed by atoms with van der Waals surface area (Å²) in [6.45, 7) is 4.38. The van der Waals surface area contributed by atoms with E-state index in [-0.39, 0.29) is 17.4 Å². The van der Waals surface area contributed by atoms with Crippen LogP contribution in [0.2, 0.25) is 0 Å². The molecular formula is C17H23N5O2. The molecule has 24 heavy (non-hydrogen) atoms. The molecule has 1 spiro atoms. The lowest BCUT2D eigenvalue weighted by Crippen LogP contribution is -2.39. The number of rotatable bonds is 4. The van der Waals surface area contributed by atoms with Gasteiger partial charge in [0.25, 0.3) is 5.91 Å². The fraction of sp³-hybridized carbons (Fsp3) is 0.588. The Balaban J connectivity index is 1.60. The number of carbonyl (C=O) groups excluding carboxylic acids is 1. The Labute approximate surface area is 141 Å². The van der Waals surface area contributed by atoms with Crippen LogP contribution in [0.5, 0.6) is 0 Å². The van der Waals surface area contributed by atoms with Crippen LogP contribution in [0.1, 0.15) is 41.3 Å². The van der Waals surface area contributed by atoms with Crippen molar-refractivity contribution in [3.8, 4) is 0 Å². The highest BCUT2D eigenvalue weighted by Crippen LogP contribution is 2.56. The quantitative estimate of drug-likeness (QED) is 0.920. The van der Waals surface area contributed by atoms with Crippen LogP contribution in [0.25, 0.3) is 0 Å². The van der Waals surface area contributed by atoms with Crippen molar-refractivity contribution in [2.24, 2.45) is 12.5 Å². The van der Waals surface area contributed by atoms with Gasteiger partial charge in [-0.1, -0.05) is 5.16 Å². The van der Waals surface area contributed by atoms with Gasteiger partial charge >= 0.3 is 0 Å². The van der Waals surface area contributed by atoms with Gasteiger partial charge in [0.15, 0.2) is 5.69 Å². The molecule has 2 fully saturated rings. The zero-order chi connectivity index (χ0) is 16.7. The van der Waals surface area contributed by atoms with Gasteiger partial charge in [-0.05, 0) is 44.7 Å². The first-order chi connectivity index (χ1) is 11.6. The third-order valence-electron chi connectivity index (χ3n) is 5.46. The average Bonchev–Trinajstić information content (AvgIpc) is 2.91. The van der Waals surface area contributed by atoms with Crippen LogP contribution in [0.3, 0.4) is 0 Å². The summed E-state index contributed by atoms with van der Waals surface area (Å²) in [7, 11) is 1.96. The molecule has 1 saturated carbocycles. The number of hydrogen-bond donors (Lipinski definition) is 1. The SMILES string of the molecule is Cc1cc(C(=O)N(Cc2nccn2C)C2CC23CCNCC3)no1. The molecule has 4 rings (SSSR count). The molecule has 2 aromatic heterocycles. The number of piperidine rings is 1. The molecule has 0 radical (unpaired) electrons. The molecule has 128 valence electrons. The molecular weight excluding hydrogens is 306 g/mol. The van der Waals surface area contributed by atoms with Crippen molar-refractivity contribution < 1.29 is 9.32 Å². The molecule has 0 bridgehead atoms. The van der Waals surface area contributed by atoms with Gasteiger partial charge < -0.3 is 19.3 Å². The van der Waals surface area contributed by atoms with Crippen molar-refractivity contribution in [3.05, 3.63) is 35.7 Å². The van der Waals surface area contributed by atoms with E-state index in [1.54, 1.807) is 19.2 Å². The number of amides is 1. The van der Waals surface area contributed by atoms with E-state index < -0.39 is 0 Å². The zero-order valence-corrected chi connectivity index (χ0v) is 14.2. The van der Waals surface area contributed by atoms with E-state index >= 15 is 0 Å². The molecule has 1 N–H and O–H groups in total.